The summed E-state index contributed by atoms with van der Waals surface area (Å²) < 4.78 is 13.7. The lowest BCUT2D eigenvalue weighted by Crippen LogP contribution is -2.29. The predicted octanol–water partition coefficient (Wildman–Crippen LogP) is 3.64. The first-order valence-electron chi connectivity index (χ1n) is 11.1. The average molecular weight is 457 g/mol. The van der Waals surface area contributed by atoms with Crippen LogP contribution in [0.3, 0.4) is 0 Å². The van der Waals surface area contributed by atoms with Gasteiger partial charge < -0.3 is 19.8 Å². The summed E-state index contributed by atoms with van der Waals surface area (Å²) in [6.07, 6.45) is 7.08. The molecule has 0 amide bonds. The number of aromatic nitrogens is 5. The smallest absolute Gasteiger partial charge is 0.257 e. The van der Waals surface area contributed by atoms with Crippen LogP contribution in [0.1, 0.15) is 43.2 Å². The van der Waals surface area contributed by atoms with Crippen molar-refractivity contribution < 1.29 is 9.47 Å². The molecule has 0 aliphatic heterocycles. The molecule has 0 unspecified atom stereocenters. The second-order valence-corrected chi connectivity index (χ2v) is 8.59. The first-order chi connectivity index (χ1) is 16.3. The van der Waals surface area contributed by atoms with Gasteiger partial charge in [0, 0.05) is 35.4 Å². The van der Waals surface area contributed by atoms with Crippen LogP contribution in [0.5, 0.6) is 11.6 Å². The number of aryl methyl sites for hydroxylation is 1. The van der Waals surface area contributed by atoms with E-state index in [4.69, 9.17) is 15.2 Å². The Balaban J connectivity index is 1.52. The van der Waals surface area contributed by atoms with E-state index in [0.29, 0.717) is 31.4 Å². The Kier molecular flexibility index (Phi) is 6.75. The van der Waals surface area contributed by atoms with Crippen molar-refractivity contribution in [3.63, 3.8) is 0 Å². The molecule has 0 fully saturated rings. The molecule has 0 aliphatic rings. The molecule has 0 radical (unpaired) electrons. The van der Waals surface area contributed by atoms with E-state index in [1.807, 2.05) is 56.5 Å². The molecule has 0 aromatic carbocycles. The normalized spacial score (nSPS) is 11.2. The van der Waals surface area contributed by atoms with Crippen LogP contribution in [0, 0.1) is 18.8 Å². The second kappa shape index (κ2) is 9.89. The van der Waals surface area contributed by atoms with Crippen LogP contribution < -0.4 is 15.2 Å². The molecule has 4 aromatic rings. The van der Waals surface area contributed by atoms with Crippen LogP contribution in [0.4, 0.5) is 0 Å². The monoisotopic (exact) mass is 456 g/mol. The van der Waals surface area contributed by atoms with E-state index < -0.39 is 5.54 Å². The number of rotatable bonds is 7. The summed E-state index contributed by atoms with van der Waals surface area (Å²) in [4.78, 5) is 17.8. The Morgan fingerprint density at radius 2 is 1.82 bits per heavy atom. The zero-order chi connectivity index (χ0) is 24.1. The van der Waals surface area contributed by atoms with Crippen LogP contribution in [-0.4, -0.2) is 36.6 Å². The van der Waals surface area contributed by atoms with Gasteiger partial charge in [-0.25, -0.2) is 15.0 Å². The molecule has 0 aliphatic carbocycles. The minimum atomic E-state index is -0.563. The molecule has 34 heavy (non-hydrogen) atoms. The first-order valence-corrected chi connectivity index (χ1v) is 11.1. The molecule has 4 rings (SSSR count). The summed E-state index contributed by atoms with van der Waals surface area (Å²) in [5, 5.41) is 0. The van der Waals surface area contributed by atoms with Gasteiger partial charge in [-0.1, -0.05) is 17.9 Å². The molecule has 8 heteroatoms. The molecule has 4 aromatic heterocycles. The third-order valence-corrected chi connectivity index (χ3v) is 4.86. The molecule has 0 saturated carbocycles. The Bertz CT molecular complexity index is 1340. The van der Waals surface area contributed by atoms with Gasteiger partial charge in [-0.2, -0.15) is 0 Å². The van der Waals surface area contributed by atoms with Crippen LogP contribution in [0.25, 0.3) is 11.2 Å². The number of hydrogen-bond acceptors (Lipinski definition) is 7. The SMILES string of the molecule is CCOc1cc(Cn2cnc3cc(C#CC(C)(C)N)cnc32)cnc1OCc1ccc(C)nc1. The maximum absolute atomic E-state index is 5.94. The molecule has 174 valence electrons. The molecule has 2 N–H and O–H groups in total. The van der Waals surface area contributed by atoms with E-state index in [1.165, 1.54) is 0 Å². The van der Waals surface area contributed by atoms with Crippen LogP contribution in [0.15, 0.2) is 49.2 Å². The Labute approximate surface area is 199 Å². The van der Waals surface area contributed by atoms with Crippen molar-refractivity contribution in [2.45, 2.75) is 46.4 Å². The third-order valence-electron chi connectivity index (χ3n) is 4.86. The standard InChI is InChI=1S/C26H28N6O2/c1-5-33-23-11-21(14-30-25(23)34-16-20-7-6-18(2)28-13-20)15-32-17-31-22-10-19(12-29-24(22)32)8-9-26(3,4)27/h6-7,10-14,17H,5,15-16,27H2,1-4H3. The van der Waals surface area contributed by atoms with Crippen LogP contribution in [-0.2, 0) is 13.2 Å². The van der Waals surface area contributed by atoms with Gasteiger partial charge in [0.25, 0.3) is 5.88 Å². The number of hydrogen-bond donors (Lipinski definition) is 1. The largest absolute Gasteiger partial charge is 0.488 e. The molecule has 8 nitrogen and oxygen atoms in total. The van der Waals surface area contributed by atoms with E-state index in [2.05, 4.69) is 31.8 Å². The lowest BCUT2D eigenvalue weighted by molar-refractivity contribution is 0.258. The molecule has 0 saturated heterocycles. The van der Waals surface area contributed by atoms with Crippen molar-refractivity contribution in [1.29, 1.82) is 0 Å². The van der Waals surface area contributed by atoms with Crippen molar-refractivity contribution in [2.24, 2.45) is 5.73 Å². The predicted molar refractivity (Wildman–Crippen MR) is 130 cm³/mol. The summed E-state index contributed by atoms with van der Waals surface area (Å²) in [5.74, 6) is 7.12. The highest BCUT2D eigenvalue weighted by Crippen LogP contribution is 2.27. The highest BCUT2D eigenvalue weighted by Gasteiger charge is 2.12. The minimum absolute atomic E-state index is 0.363. The highest BCUT2D eigenvalue weighted by molar-refractivity contribution is 5.72. The van der Waals surface area contributed by atoms with E-state index >= 15 is 0 Å². The highest BCUT2D eigenvalue weighted by atomic mass is 16.5. The maximum atomic E-state index is 5.94. The topological polar surface area (TPSA) is 101 Å². The van der Waals surface area contributed by atoms with Crippen molar-refractivity contribution >= 4 is 11.2 Å². The lowest BCUT2D eigenvalue weighted by atomic mass is 10.1. The number of nitrogens with zero attached hydrogens (tertiary/aromatic N) is 5. The molecule has 4 heterocycles. The van der Waals surface area contributed by atoms with Crippen molar-refractivity contribution in [3.8, 4) is 23.5 Å². The first kappa shape index (κ1) is 23.2. The summed E-state index contributed by atoms with van der Waals surface area (Å²) in [6, 6.07) is 7.80. The summed E-state index contributed by atoms with van der Waals surface area (Å²) in [5.41, 5.74) is 10.6. The Hall–Kier alpha value is -3.96. The summed E-state index contributed by atoms with van der Waals surface area (Å²) in [6.45, 7) is 9.02. The zero-order valence-electron chi connectivity index (χ0n) is 19.9. The van der Waals surface area contributed by atoms with Gasteiger partial charge in [-0.15, -0.1) is 0 Å². The maximum Gasteiger partial charge on any atom is 0.257 e. The fraction of sp³-hybridized carbons (Fsp3) is 0.308. The Morgan fingerprint density at radius 1 is 1.00 bits per heavy atom. The quantitative estimate of drug-likeness (QED) is 0.424. The van der Waals surface area contributed by atoms with Crippen molar-refractivity contribution in [3.05, 3.63) is 71.6 Å². The fourth-order valence-electron chi connectivity index (χ4n) is 3.22. The van der Waals surface area contributed by atoms with E-state index in [1.54, 1.807) is 24.9 Å². The number of nitrogens with two attached hydrogens (primary N) is 1. The van der Waals surface area contributed by atoms with Gasteiger partial charge in [0.2, 0.25) is 0 Å². The third kappa shape index (κ3) is 5.88. The molecule has 0 bridgehead atoms. The van der Waals surface area contributed by atoms with Gasteiger partial charge in [-0.3, -0.25) is 4.98 Å². The van der Waals surface area contributed by atoms with Gasteiger partial charge in [0.05, 0.1) is 25.0 Å². The second-order valence-electron chi connectivity index (χ2n) is 8.59. The van der Waals surface area contributed by atoms with Gasteiger partial charge >= 0.3 is 0 Å². The summed E-state index contributed by atoms with van der Waals surface area (Å²) >= 11 is 0. The zero-order valence-corrected chi connectivity index (χ0v) is 19.9. The van der Waals surface area contributed by atoms with Gasteiger partial charge in [-0.05, 0) is 51.5 Å². The Morgan fingerprint density at radius 3 is 2.56 bits per heavy atom. The van der Waals surface area contributed by atoms with E-state index in [0.717, 1.165) is 33.5 Å². The van der Waals surface area contributed by atoms with Gasteiger partial charge in [0.1, 0.15) is 12.1 Å². The van der Waals surface area contributed by atoms with Gasteiger partial charge in [0.15, 0.2) is 11.4 Å². The number of ether oxygens (including phenoxy) is 2. The number of pyridine rings is 3. The molecule has 0 atom stereocenters. The number of imidazole rings is 1. The van der Waals surface area contributed by atoms with Crippen LogP contribution in [0.2, 0.25) is 0 Å². The fourth-order valence-corrected chi connectivity index (χ4v) is 3.22. The minimum Gasteiger partial charge on any atom is -0.488 e. The van der Waals surface area contributed by atoms with Crippen LogP contribution >= 0.6 is 0 Å². The van der Waals surface area contributed by atoms with E-state index in [-0.39, 0.29) is 0 Å². The average Bonchev–Trinajstić information content (AvgIpc) is 3.20. The molecule has 0 spiro atoms. The summed E-state index contributed by atoms with van der Waals surface area (Å²) in [7, 11) is 0. The van der Waals surface area contributed by atoms with E-state index in [9.17, 15) is 0 Å². The molecular weight excluding hydrogens is 428 g/mol. The van der Waals surface area contributed by atoms with Crippen molar-refractivity contribution in [1.82, 2.24) is 24.5 Å². The van der Waals surface area contributed by atoms with Crippen molar-refractivity contribution in [2.75, 3.05) is 6.61 Å². The lowest BCUT2D eigenvalue weighted by Gasteiger charge is -2.13. The number of fused-ring (bicyclic) bond motifs is 1. The molecular formula is C26H28N6O2.